The number of hydrogen-bond acceptors (Lipinski definition) is 2. The molecule has 2 nitrogen and oxygen atoms in total. The van der Waals surface area contributed by atoms with Gasteiger partial charge in [-0.1, -0.05) is 52.0 Å². The van der Waals surface area contributed by atoms with Gasteiger partial charge < -0.3 is 5.32 Å². The van der Waals surface area contributed by atoms with Crippen LogP contribution in [0.15, 0.2) is 24.3 Å². The first-order valence-electron chi connectivity index (χ1n) is 7.37. The van der Waals surface area contributed by atoms with E-state index in [1.165, 1.54) is 11.1 Å². The fraction of sp³-hybridized carbons (Fsp3) is 0.588. The van der Waals surface area contributed by atoms with Crippen molar-refractivity contribution in [3.05, 3.63) is 35.4 Å². The molecule has 0 fully saturated rings. The van der Waals surface area contributed by atoms with Crippen molar-refractivity contribution >= 4 is 17.7 Å². The zero-order chi connectivity index (χ0) is 15.1. The second-order valence-corrected chi connectivity index (χ2v) is 6.56. The Balaban J connectivity index is 2.84. The molecule has 0 aromatic heterocycles. The van der Waals surface area contributed by atoms with E-state index in [9.17, 15) is 4.79 Å². The highest BCUT2D eigenvalue weighted by molar-refractivity contribution is 7.99. The Labute approximate surface area is 127 Å². The molecule has 0 saturated heterocycles. The number of benzene rings is 1. The van der Waals surface area contributed by atoms with Gasteiger partial charge in [0, 0.05) is 0 Å². The van der Waals surface area contributed by atoms with Crippen LogP contribution in [0.25, 0.3) is 0 Å². The average molecular weight is 293 g/mol. The first kappa shape index (κ1) is 17.1. The van der Waals surface area contributed by atoms with Crippen molar-refractivity contribution in [3.8, 4) is 0 Å². The van der Waals surface area contributed by atoms with Crippen molar-refractivity contribution in [1.82, 2.24) is 5.32 Å². The van der Waals surface area contributed by atoms with Gasteiger partial charge in [0.25, 0.3) is 0 Å². The Hall–Kier alpha value is -0.960. The third-order valence-corrected chi connectivity index (χ3v) is 4.29. The number of thioether (sulfide) groups is 1. The third kappa shape index (κ3) is 4.86. The molecule has 0 aliphatic heterocycles. The number of amides is 1. The largest absolute Gasteiger partial charge is 0.348 e. The van der Waals surface area contributed by atoms with Gasteiger partial charge in [0.1, 0.15) is 0 Å². The predicted octanol–water partition coefficient (Wildman–Crippen LogP) is 4.38. The normalized spacial score (nSPS) is 14.1. The molecule has 0 bridgehead atoms. The first-order chi connectivity index (χ1) is 9.49. The maximum atomic E-state index is 11.8. The van der Waals surface area contributed by atoms with Crippen LogP contribution in [0.4, 0.5) is 0 Å². The maximum absolute atomic E-state index is 11.8. The molecule has 0 aliphatic carbocycles. The van der Waals surface area contributed by atoms with Crippen LogP contribution in [0, 0.1) is 5.92 Å². The number of rotatable bonds is 7. The van der Waals surface area contributed by atoms with E-state index in [0.29, 0.717) is 17.6 Å². The summed E-state index contributed by atoms with van der Waals surface area (Å²) in [6.45, 7) is 8.74. The number of carbonyl (C=O) groups excluding carboxylic acids is 1. The van der Waals surface area contributed by atoms with Crippen molar-refractivity contribution in [3.63, 3.8) is 0 Å². The molecule has 0 radical (unpaired) electrons. The molecular weight excluding hydrogens is 266 g/mol. The summed E-state index contributed by atoms with van der Waals surface area (Å²) < 4.78 is 0. The Bertz CT molecular complexity index is 414. The van der Waals surface area contributed by atoms with Gasteiger partial charge in [-0.2, -0.15) is 11.8 Å². The third-order valence-electron chi connectivity index (χ3n) is 3.74. The molecule has 0 heterocycles. The number of hydrogen-bond donors (Lipinski definition) is 1. The molecular formula is C17H27NOS. The molecule has 1 aromatic rings. The second-order valence-electron chi connectivity index (χ2n) is 5.70. The molecule has 0 spiro atoms. The Morgan fingerprint density at radius 1 is 1.15 bits per heavy atom. The SMILES string of the molecule is CCC(C)c1ccc(C(NC(=O)CSC)C(C)C)cc1. The van der Waals surface area contributed by atoms with Crippen molar-refractivity contribution < 1.29 is 4.79 Å². The van der Waals surface area contributed by atoms with Gasteiger partial charge in [-0.3, -0.25) is 4.79 Å². The van der Waals surface area contributed by atoms with Crippen LogP contribution in [0.1, 0.15) is 57.2 Å². The minimum atomic E-state index is 0.0978. The van der Waals surface area contributed by atoms with E-state index in [4.69, 9.17) is 0 Å². The molecule has 2 unspecified atom stereocenters. The summed E-state index contributed by atoms with van der Waals surface area (Å²) in [5, 5.41) is 3.14. The lowest BCUT2D eigenvalue weighted by Gasteiger charge is -2.23. The summed E-state index contributed by atoms with van der Waals surface area (Å²) in [7, 11) is 0. The summed E-state index contributed by atoms with van der Waals surface area (Å²) in [5.41, 5.74) is 2.57. The smallest absolute Gasteiger partial charge is 0.230 e. The molecule has 3 heteroatoms. The molecule has 112 valence electrons. The number of nitrogens with one attached hydrogen (secondary N) is 1. The lowest BCUT2D eigenvalue weighted by molar-refractivity contribution is -0.119. The van der Waals surface area contributed by atoms with E-state index in [2.05, 4.69) is 57.3 Å². The van der Waals surface area contributed by atoms with Gasteiger partial charge in [0.2, 0.25) is 5.91 Å². The molecule has 0 aliphatic rings. The van der Waals surface area contributed by atoms with E-state index in [0.717, 1.165) is 6.42 Å². The van der Waals surface area contributed by atoms with Crippen LogP contribution >= 0.6 is 11.8 Å². The summed E-state index contributed by atoms with van der Waals surface area (Å²) >= 11 is 1.56. The summed E-state index contributed by atoms with van der Waals surface area (Å²) in [4.78, 5) is 11.8. The van der Waals surface area contributed by atoms with E-state index in [1.807, 2.05) is 6.26 Å². The predicted molar refractivity (Wildman–Crippen MR) is 89.3 cm³/mol. The van der Waals surface area contributed by atoms with Crippen molar-refractivity contribution in [2.45, 2.75) is 46.1 Å². The van der Waals surface area contributed by atoms with E-state index in [1.54, 1.807) is 11.8 Å². The fourth-order valence-electron chi connectivity index (χ4n) is 2.25. The van der Waals surface area contributed by atoms with Gasteiger partial charge in [0.05, 0.1) is 11.8 Å². The van der Waals surface area contributed by atoms with Crippen LogP contribution in [0.5, 0.6) is 0 Å². The van der Waals surface area contributed by atoms with E-state index < -0.39 is 0 Å². The highest BCUT2D eigenvalue weighted by Gasteiger charge is 2.18. The lowest BCUT2D eigenvalue weighted by Crippen LogP contribution is -2.32. The summed E-state index contributed by atoms with van der Waals surface area (Å²) in [5.74, 6) is 1.61. The van der Waals surface area contributed by atoms with Gasteiger partial charge >= 0.3 is 0 Å². The second kappa shape index (κ2) is 8.35. The first-order valence-corrected chi connectivity index (χ1v) is 8.77. The van der Waals surface area contributed by atoms with E-state index >= 15 is 0 Å². The highest BCUT2D eigenvalue weighted by atomic mass is 32.2. The summed E-state index contributed by atoms with van der Waals surface area (Å²) in [6.07, 6.45) is 3.10. The quantitative estimate of drug-likeness (QED) is 0.808. The average Bonchev–Trinajstić information content (AvgIpc) is 2.44. The van der Waals surface area contributed by atoms with Crippen LogP contribution < -0.4 is 5.32 Å². The zero-order valence-electron chi connectivity index (χ0n) is 13.3. The van der Waals surface area contributed by atoms with Gasteiger partial charge in [0.15, 0.2) is 0 Å². The number of carbonyl (C=O) groups is 1. The monoisotopic (exact) mass is 293 g/mol. The molecule has 1 amide bonds. The van der Waals surface area contributed by atoms with Crippen LogP contribution in [-0.4, -0.2) is 17.9 Å². The molecule has 0 saturated carbocycles. The minimum Gasteiger partial charge on any atom is -0.348 e. The molecule has 1 aromatic carbocycles. The fourth-order valence-corrected chi connectivity index (χ4v) is 2.59. The van der Waals surface area contributed by atoms with Gasteiger partial charge in [-0.05, 0) is 35.6 Å². The van der Waals surface area contributed by atoms with E-state index in [-0.39, 0.29) is 11.9 Å². The minimum absolute atomic E-state index is 0.0978. The van der Waals surface area contributed by atoms with Crippen LogP contribution in [-0.2, 0) is 4.79 Å². The van der Waals surface area contributed by atoms with Crippen molar-refractivity contribution in [2.75, 3.05) is 12.0 Å². The summed E-state index contributed by atoms with van der Waals surface area (Å²) in [6, 6.07) is 8.80. The topological polar surface area (TPSA) is 29.1 Å². The Kier molecular flexibility index (Phi) is 7.14. The van der Waals surface area contributed by atoms with Crippen molar-refractivity contribution in [1.29, 1.82) is 0 Å². The zero-order valence-corrected chi connectivity index (χ0v) is 14.1. The van der Waals surface area contributed by atoms with Gasteiger partial charge in [-0.25, -0.2) is 0 Å². The van der Waals surface area contributed by atoms with Crippen LogP contribution in [0.3, 0.4) is 0 Å². The molecule has 2 atom stereocenters. The maximum Gasteiger partial charge on any atom is 0.230 e. The standard InChI is InChI=1S/C17H27NOS/c1-6-13(4)14-7-9-15(10-8-14)17(12(2)3)18-16(19)11-20-5/h7-10,12-13,17H,6,11H2,1-5H3,(H,18,19). The lowest BCUT2D eigenvalue weighted by atomic mass is 9.92. The van der Waals surface area contributed by atoms with Gasteiger partial charge in [-0.15, -0.1) is 0 Å². The molecule has 1 rings (SSSR count). The molecule has 20 heavy (non-hydrogen) atoms. The van der Waals surface area contributed by atoms with Crippen molar-refractivity contribution in [2.24, 2.45) is 5.92 Å². The molecule has 1 N–H and O–H groups in total. The highest BCUT2D eigenvalue weighted by Crippen LogP contribution is 2.25. The Morgan fingerprint density at radius 2 is 1.70 bits per heavy atom. The Morgan fingerprint density at radius 3 is 2.15 bits per heavy atom. The van der Waals surface area contributed by atoms with Crippen LogP contribution in [0.2, 0.25) is 0 Å².